The van der Waals surface area contributed by atoms with Gasteiger partial charge in [0.15, 0.2) is 5.69 Å². The average molecular weight is 368 g/mol. The van der Waals surface area contributed by atoms with Gasteiger partial charge in [-0.1, -0.05) is 6.07 Å². The Hall–Kier alpha value is -2.34. The maximum atomic E-state index is 12.8. The second kappa shape index (κ2) is 7.00. The first-order valence-corrected chi connectivity index (χ1v) is 9.76. The maximum Gasteiger partial charge on any atom is 0.276 e. The van der Waals surface area contributed by atoms with E-state index in [4.69, 9.17) is 4.74 Å². The van der Waals surface area contributed by atoms with Crippen LogP contribution < -0.4 is 10.2 Å². The van der Waals surface area contributed by atoms with Crippen LogP contribution in [0.25, 0.3) is 0 Å². The summed E-state index contributed by atoms with van der Waals surface area (Å²) in [6, 6.07) is 9.95. The van der Waals surface area contributed by atoms with E-state index in [1.807, 2.05) is 28.9 Å². The highest BCUT2D eigenvalue weighted by Crippen LogP contribution is 2.41. The Morgan fingerprint density at radius 3 is 2.59 bits per heavy atom. The molecule has 1 aromatic carbocycles. The van der Waals surface area contributed by atoms with E-state index < -0.39 is 0 Å². The number of rotatable bonds is 4. The molecule has 1 aliphatic carbocycles. The van der Waals surface area contributed by atoms with Crippen molar-refractivity contribution >= 4 is 17.3 Å². The smallest absolute Gasteiger partial charge is 0.276 e. The Bertz CT molecular complexity index is 827. The Labute approximate surface area is 160 Å². The van der Waals surface area contributed by atoms with Crippen molar-refractivity contribution in [3.05, 3.63) is 41.7 Å². The molecule has 1 amide bonds. The fourth-order valence-electron chi connectivity index (χ4n) is 3.51. The summed E-state index contributed by atoms with van der Waals surface area (Å²) in [6.07, 6.45) is 2.37. The second-order valence-corrected chi connectivity index (χ2v) is 8.42. The van der Waals surface area contributed by atoms with Gasteiger partial charge in [-0.3, -0.25) is 9.48 Å². The summed E-state index contributed by atoms with van der Waals surface area (Å²) in [5, 5.41) is 7.65. The maximum absolute atomic E-state index is 12.8. The van der Waals surface area contributed by atoms with Crippen molar-refractivity contribution in [2.75, 3.05) is 36.5 Å². The molecule has 0 radical (unpaired) electrons. The summed E-state index contributed by atoms with van der Waals surface area (Å²) >= 11 is 0. The summed E-state index contributed by atoms with van der Waals surface area (Å²) in [4.78, 5) is 15.1. The average Bonchev–Trinajstić information content (AvgIpc) is 3.39. The molecule has 1 saturated carbocycles. The third kappa shape index (κ3) is 4.00. The number of hydrogen-bond acceptors (Lipinski definition) is 4. The molecule has 4 rings (SSSR count). The van der Waals surface area contributed by atoms with Crippen molar-refractivity contribution in [2.45, 2.75) is 45.1 Å². The third-order valence-electron chi connectivity index (χ3n) is 5.08. The van der Waals surface area contributed by atoms with Gasteiger partial charge in [-0.25, -0.2) is 0 Å². The molecule has 0 spiro atoms. The van der Waals surface area contributed by atoms with Gasteiger partial charge in [-0.05, 0) is 57.9 Å². The van der Waals surface area contributed by atoms with E-state index in [-0.39, 0.29) is 11.4 Å². The van der Waals surface area contributed by atoms with Crippen LogP contribution in [0.1, 0.15) is 55.7 Å². The zero-order chi connectivity index (χ0) is 19.0. The normalized spacial score (nSPS) is 17.8. The minimum Gasteiger partial charge on any atom is -0.378 e. The molecule has 144 valence electrons. The van der Waals surface area contributed by atoms with E-state index in [1.54, 1.807) is 0 Å². The zero-order valence-electron chi connectivity index (χ0n) is 16.4. The molecule has 6 nitrogen and oxygen atoms in total. The zero-order valence-corrected chi connectivity index (χ0v) is 16.4. The molecule has 0 unspecified atom stereocenters. The number of carbonyl (C=O) groups excluding carboxylic acids is 1. The number of anilines is 2. The van der Waals surface area contributed by atoms with E-state index in [2.05, 4.69) is 42.2 Å². The molecule has 6 heteroatoms. The highest BCUT2D eigenvalue weighted by atomic mass is 16.5. The van der Waals surface area contributed by atoms with Gasteiger partial charge in [-0.15, -0.1) is 0 Å². The summed E-state index contributed by atoms with van der Waals surface area (Å²) in [5.41, 5.74) is 3.43. The SMILES string of the molecule is CC(C)(C)n1nc(C(=O)Nc2cccc(N3CCOCC3)c2)cc1C1CC1. The van der Waals surface area contributed by atoms with E-state index >= 15 is 0 Å². The van der Waals surface area contributed by atoms with Crippen LogP contribution in [-0.2, 0) is 10.3 Å². The fraction of sp³-hybridized carbons (Fsp3) is 0.524. The van der Waals surface area contributed by atoms with Gasteiger partial charge in [0.1, 0.15) is 0 Å². The predicted octanol–water partition coefficient (Wildman–Crippen LogP) is 3.60. The largest absolute Gasteiger partial charge is 0.378 e. The lowest BCUT2D eigenvalue weighted by atomic mass is 10.1. The summed E-state index contributed by atoms with van der Waals surface area (Å²) < 4.78 is 7.43. The van der Waals surface area contributed by atoms with Crippen molar-refractivity contribution in [3.8, 4) is 0 Å². The Kier molecular flexibility index (Phi) is 4.68. The molecule has 2 fully saturated rings. The summed E-state index contributed by atoms with van der Waals surface area (Å²) in [5.74, 6) is 0.391. The van der Waals surface area contributed by atoms with Gasteiger partial charge in [0.2, 0.25) is 0 Å². The number of aromatic nitrogens is 2. The number of carbonyl (C=O) groups is 1. The van der Waals surface area contributed by atoms with Crippen molar-refractivity contribution in [3.63, 3.8) is 0 Å². The van der Waals surface area contributed by atoms with Crippen LogP contribution in [0.2, 0.25) is 0 Å². The number of amides is 1. The van der Waals surface area contributed by atoms with Crippen molar-refractivity contribution < 1.29 is 9.53 Å². The molecule has 27 heavy (non-hydrogen) atoms. The Morgan fingerprint density at radius 1 is 1.19 bits per heavy atom. The van der Waals surface area contributed by atoms with Gasteiger partial charge in [-0.2, -0.15) is 5.10 Å². The molecular weight excluding hydrogens is 340 g/mol. The number of ether oxygens (including phenoxy) is 1. The molecular formula is C21H28N4O2. The number of nitrogens with one attached hydrogen (secondary N) is 1. The highest BCUT2D eigenvalue weighted by Gasteiger charge is 2.32. The van der Waals surface area contributed by atoms with Gasteiger partial charge < -0.3 is 15.0 Å². The lowest BCUT2D eigenvalue weighted by Gasteiger charge is -2.29. The van der Waals surface area contributed by atoms with Crippen molar-refractivity contribution in [2.24, 2.45) is 0 Å². The highest BCUT2D eigenvalue weighted by molar-refractivity contribution is 6.03. The number of benzene rings is 1. The Morgan fingerprint density at radius 2 is 1.93 bits per heavy atom. The minimum absolute atomic E-state index is 0.132. The molecule has 1 saturated heterocycles. The van der Waals surface area contributed by atoms with E-state index in [0.29, 0.717) is 11.6 Å². The van der Waals surface area contributed by atoms with Crippen LogP contribution in [0, 0.1) is 0 Å². The van der Waals surface area contributed by atoms with Crippen LogP contribution in [0.4, 0.5) is 11.4 Å². The van der Waals surface area contributed by atoms with Gasteiger partial charge >= 0.3 is 0 Å². The van der Waals surface area contributed by atoms with Crippen LogP contribution in [0.3, 0.4) is 0 Å². The molecule has 1 aromatic heterocycles. The van der Waals surface area contributed by atoms with Crippen LogP contribution in [-0.4, -0.2) is 42.0 Å². The first-order chi connectivity index (χ1) is 12.9. The lowest BCUT2D eigenvalue weighted by Crippen LogP contribution is -2.36. The topological polar surface area (TPSA) is 59.4 Å². The number of nitrogens with zero attached hydrogens (tertiary/aromatic N) is 3. The molecule has 1 aliphatic heterocycles. The van der Waals surface area contributed by atoms with Gasteiger partial charge in [0.25, 0.3) is 5.91 Å². The number of hydrogen-bond donors (Lipinski definition) is 1. The molecule has 0 atom stereocenters. The van der Waals surface area contributed by atoms with Gasteiger partial charge in [0.05, 0.1) is 18.8 Å². The minimum atomic E-state index is -0.154. The molecule has 1 N–H and O–H groups in total. The van der Waals surface area contributed by atoms with E-state index in [1.165, 1.54) is 18.5 Å². The van der Waals surface area contributed by atoms with Crippen molar-refractivity contribution in [1.82, 2.24) is 9.78 Å². The van der Waals surface area contributed by atoms with Crippen LogP contribution >= 0.6 is 0 Å². The monoisotopic (exact) mass is 368 g/mol. The second-order valence-electron chi connectivity index (χ2n) is 8.42. The van der Waals surface area contributed by atoms with Crippen LogP contribution in [0.5, 0.6) is 0 Å². The summed E-state index contributed by atoms with van der Waals surface area (Å²) in [7, 11) is 0. The summed E-state index contributed by atoms with van der Waals surface area (Å²) in [6.45, 7) is 9.60. The molecule has 2 heterocycles. The first-order valence-electron chi connectivity index (χ1n) is 9.76. The first kappa shape index (κ1) is 18.0. The quantitative estimate of drug-likeness (QED) is 0.896. The van der Waals surface area contributed by atoms with Gasteiger partial charge in [0, 0.05) is 36.1 Å². The molecule has 2 aliphatic rings. The Balaban J connectivity index is 1.52. The van der Waals surface area contributed by atoms with Crippen molar-refractivity contribution in [1.29, 1.82) is 0 Å². The third-order valence-corrected chi connectivity index (χ3v) is 5.08. The fourth-order valence-corrected chi connectivity index (χ4v) is 3.51. The molecule has 2 aromatic rings. The van der Waals surface area contributed by atoms with E-state index in [9.17, 15) is 4.79 Å². The van der Waals surface area contributed by atoms with E-state index in [0.717, 1.165) is 37.7 Å². The lowest BCUT2D eigenvalue weighted by molar-refractivity contribution is 0.102. The predicted molar refractivity (Wildman–Crippen MR) is 107 cm³/mol. The standard InChI is InChI=1S/C21H28N4O2/c1-21(2,3)25-19(15-7-8-15)14-18(23-25)20(26)22-16-5-4-6-17(13-16)24-9-11-27-12-10-24/h4-6,13-15H,7-12H2,1-3H3,(H,22,26). The molecule has 0 bridgehead atoms. The van der Waals surface area contributed by atoms with Crippen LogP contribution in [0.15, 0.2) is 30.3 Å². The number of morpholine rings is 1.